The molecule has 0 spiro atoms. The molecule has 0 bridgehead atoms. The van der Waals surface area contributed by atoms with Gasteiger partial charge in [-0.05, 0) is 37.6 Å². The summed E-state index contributed by atoms with van der Waals surface area (Å²) in [6.45, 7) is -0.0124. The van der Waals surface area contributed by atoms with Crippen LogP contribution in [-0.4, -0.2) is 31.5 Å². The topological polar surface area (TPSA) is 50.7 Å². The molecule has 0 aliphatic carbocycles. The minimum atomic E-state index is -2.88. The molecule has 0 aromatic heterocycles. The molecule has 4 nitrogen and oxygen atoms in total. The van der Waals surface area contributed by atoms with Crippen LogP contribution in [0.3, 0.4) is 0 Å². The van der Waals surface area contributed by atoms with Crippen LogP contribution in [0, 0.1) is 0 Å². The van der Waals surface area contributed by atoms with E-state index in [0.29, 0.717) is 19.5 Å². The van der Waals surface area contributed by atoms with Crippen molar-refractivity contribution in [2.75, 3.05) is 13.7 Å². The molecule has 0 amide bonds. The van der Waals surface area contributed by atoms with Gasteiger partial charge in [-0.3, -0.25) is 0 Å². The van der Waals surface area contributed by atoms with E-state index in [1.807, 2.05) is 0 Å². The molecule has 0 heterocycles. The number of methoxy groups -OCH3 is 1. The number of alkyl halides is 2. The Morgan fingerprint density at radius 2 is 2.05 bits per heavy atom. The number of hydrogen-bond acceptors (Lipinski definition) is 4. The molecule has 0 saturated heterocycles. The second-order valence-electron chi connectivity index (χ2n) is 4.18. The number of benzene rings is 1. The number of hydrogen-bond donors (Lipinski definition) is 2. The lowest BCUT2D eigenvalue weighted by molar-refractivity contribution is -0.0512. The van der Waals surface area contributed by atoms with Gasteiger partial charge >= 0.3 is 6.61 Å². The monoisotopic (exact) mass is 275 g/mol. The van der Waals surface area contributed by atoms with E-state index >= 15 is 0 Å². The van der Waals surface area contributed by atoms with Crippen molar-refractivity contribution in [2.24, 2.45) is 0 Å². The van der Waals surface area contributed by atoms with Crippen LogP contribution < -0.4 is 14.8 Å². The van der Waals surface area contributed by atoms with Gasteiger partial charge in [-0.1, -0.05) is 6.07 Å². The van der Waals surface area contributed by atoms with Crippen molar-refractivity contribution in [1.82, 2.24) is 5.32 Å². The van der Waals surface area contributed by atoms with Crippen LogP contribution in [0.1, 0.15) is 18.9 Å². The van der Waals surface area contributed by atoms with Gasteiger partial charge in [0.25, 0.3) is 0 Å². The quantitative estimate of drug-likeness (QED) is 0.714. The summed E-state index contributed by atoms with van der Waals surface area (Å²) >= 11 is 0. The van der Waals surface area contributed by atoms with Crippen molar-refractivity contribution >= 4 is 0 Å². The van der Waals surface area contributed by atoms with E-state index in [1.165, 1.54) is 13.2 Å². The summed E-state index contributed by atoms with van der Waals surface area (Å²) in [5.41, 5.74) is 0.807. The second kappa shape index (κ2) is 7.91. The molecular weight excluding hydrogens is 256 g/mol. The Labute approximate surface area is 111 Å². The van der Waals surface area contributed by atoms with E-state index in [2.05, 4.69) is 10.1 Å². The van der Waals surface area contributed by atoms with Gasteiger partial charge < -0.3 is 19.9 Å². The molecule has 0 fully saturated rings. The number of halogens is 2. The third kappa shape index (κ3) is 5.85. The van der Waals surface area contributed by atoms with Crippen LogP contribution in [0.15, 0.2) is 18.2 Å². The lowest BCUT2D eigenvalue weighted by Gasteiger charge is -2.12. The van der Waals surface area contributed by atoms with Crippen molar-refractivity contribution in [1.29, 1.82) is 0 Å². The van der Waals surface area contributed by atoms with E-state index in [9.17, 15) is 8.78 Å². The Bertz CT molecular complexity index is 386. The van der Waals surface area contributed by atoms with Crippen molar-refractivity contribution in [3.05, 3.63) is 23.8 Å². The van der Waals surface area contributed by atoms with Gasteiger partial charge in [0, 0.05) is 6.54 Å². The molecule has 1 atom stereocenters. The summed E-state index contributed by atoms with van der Waals surface area (Å²) in [7, 11) is 1.40. The number of aliphatic hydroxyl groups excluding tert-OH is 1. The Hall–Kier alpha value is -1.40. The Balaban J connectivity index is 2.59. The van der Waals surface area contributed by atoms with Gasteiger partial charge in [0.1, 0.15) is 0 Å². The molecule has 0 radical (unpaired) electrons. The number of ether oxygens (including phenoxy) is 2. The SMILES string of the molecule is COc1ccc(CNCCC(C)O)cc1OC(F)F. The molecule has 2 N–H and O–H groups in total. The normalized spacial score (nSPS) is 12.5. The van der Waals surface area contributed by atoms with Gasteiger partial charge in [0.05, 0.1) is 13.2 Å². The van der Waals surface area contributed by atoms with Gasteiger partial charge in [0.15, 0.2) is 11.5 Å². The van der Waals surface area contributed by atoms with Crippen molar-refractivity contribution in [2.45, 2.75) is 32.6 Å². The highest BCUT2D eigenvalue weighted by Crippen LogP contribution is 2.29. The zero-order chi connectivity index (χ0) is 14.3. The van der Waals surface area contributed by atoms with Crippen LogP contribution in [0.4, 0.5) is 8.78 Å². The highest BCUT2D eigenvalue weighted by atomic mass is 19.3. The van der Waals surface area contributed by atoms with Crippen molar-refractivity contribution in [3.63, 3.8) is 0 Å². The molecule has 1 rings (SSSR count). The number of nitrogens with one attached hydrogen (secondary N) is 1. The summed E-state index contributed by atoms with van der Waals surface area (Å²) in [5, 5.41) is 12.2. The van der Waals surface area contributed by atoms with Crippen LogP contribution in [0.25, 0.3) is 0 Å². The second-order valence-corrected chi connectivity index (χ2v) is 4.18. The van der Waals surface area contributed by atoms with Crippen LogP contribution in [0.2, 0.25) is 0 Å². The molecule has 108 valence electrons. The first kappa shape index (κ1) is 15.7. The third-order valence-corrected chi connectivity index (χ3v) is 2.51. The zero-order valence-electron chi connectivity index (χ0n) is 11.0. The van der Waals surface area contributed by atoms with Crippen molar-refractivity contribution in [3.8, 4) is 11.5 Å². The first-order valence-corrected chi connectivity index (χ1v) is 6.03. The van der Waals surface area contributed by atoms with Crippen LogP contribution in [-0.2, 0) is 6.54 Å². The predicted molar refractivity (Wildman–Crippen MR) is 67.6 cm³/mol. The van der Waals surface area contributed by atoms with Crippen LogP contribution >= 0.6 is 0 Å². The molecule has 0 aliphatic heterocycles. The van der Waals surface area contributed by atoms with E-state index in [4.69, 9.17) is 9.84 Å². The predicted octanol–water partition coefficient (Wildman–Crippen LogP) is 2.16. The van der Waals surface area contributed by atoms with E-state index in [1.54, 1.807) is 19.1 Å². The molecule has 19 heavy (non-hydrogen) atoms. The fourth-order valence-corrected chi connectivity index (χ4v) is 1.56. The van der Waals surface area contributed by atoms with Gasteiger partial charge in [-0.2, -0.15) is 8.78 Å². The Kier molecular flexibility index (Phi) is 6.52. The average molecular weight is 275 g/mol. The molecule has 0 aliphatic rings. The maximum absolute atomic E-state index is 12.2. The van der Waals surface area contributed by atoms with Crippen molar-refractivity contribution < 1.29 is 23.4 Å². The number of rotatable bonds is 8. The average Bonchev–Trinajstić information content (AvgIpc) is 2.34. The lowest BCUT2D eigenvalue weighted by Crippen LogP contribution is -2.18. The van der Waals surface area contributed by atoms with E-state index in [-0.39, 0.29) is 17.6 Å². The summed E-state index contributed by atoms with van der Waals surface area (Å²) in [6.07, 6.45) is 0.275. The third-order valence-electron chi connectivity index (χ3n) is 2.51. The van der Waals surface area contributed by atoms with Gasteiger partial charge in [-0.15, -0.1) is 0 Å². The molecule has 0 saturated carbocycles. The highest BCUT2D eigenvalue weighted by molar-refractivity contribution is 5.42. The molecule has 1 unspecified atom stereocenters. The largest absolute Gasteiger partial charge is 0.493 e. The van der Waals surface area contributed by atoms with E-state index in [0.717, 1.165) is 5.56 Å². The summed E-state index contributed by atoms with van der Waals surface area (Å²) < 4.78 is 33.8. The minimum absolute atomic E-state index is 0.0207. The molecule has 1 aromatic rings. The fraction of sp³-hybridized carbons (Fsp3) is 0.538. The summed E-state index contributed by atoms with van der Waals surface area (Å²) in [6, 6.07) is 4.87. The number of aliphatic hydroxyl groups is 1. The fourth-order valence-electron chi connectivity index (χ4n) is 1.56. The smallest absolute Gasteiger partial charge is 0.387 e. The maximum Gasteiger partial charge on any atom is 0.387 e. The molecule has 6 heteroatoms. The first-order chi connectivity index (χ1) is 9.02. The molecular formula is C13H19F2NO3. The standard InChI is InChI=1S/C13H19F2NO3/c1-9(17)5-6-16-8-10-3-4-11(18-2)12(7-10)19-13(14)15/h3-4,7,9,13,16-17H,5-6,8H2,1-2H3. The summed E-state index contributed by atoms with van der Waals surface area (Å²) in [5.74, 6) is 0.292. The highest BCUT2D eigenvalue weighted by Gasteiger charge is 2.11. The van der Waals surface area contributed by atoms with Gasteiger partial charge in [0.2, 0.25) is 0 Å². The Morgan fingerprint density at radius 3 is 2.63 bits per heavy atom. The van der Waals surface area contributed by atoms with Crippen LogP contribution in [0.5, 0.6) is 11.5 Å². The lowest BCUT2D eigenvalue weighted by atomic mass is 10.2. The van der Waals surface area contributed by atoms with Gasteiger partial charge in [-0.25, -0.2) is 0 Å². The Morgan fingerprint density at radius 1 is 1.32 bits per heavy atom. The first-order valence-electron chi connectivity index (χ1n) is 6.03. The maximum atomic E-state index is 12.2. The molecule has 1 aromatic carbocycles. The zero-order valence-corrected chi connectivity index (χ0v) is 11.0. The minimum Gasteiger partial charge on any atom is -0.493 e. The van der Waals surface area contributed by atoms with E-state index < -0.39 is 6.61 Å². The summed E-state index contributed by atoms with van der Waals surface area (Å²) in [4.78, 5) is 0.